The summed E-state index contributed by atoms with van der Waals surface area (Å²) >= 11 is 0. The van der Waals surface area contributed by atoms with Crippen LogP contribution in [0, 0.1) is 0 Å². The number of carbonyl (C=O) groups is 1. The highest BCUT2D eigenvalue weighted by Crippen LogP contribution is 2.54. The van der Waals surface area contributed by atoms with Crippen LogP contribution >= 0.6 is 23.5 Å². The number of hydrogen-bond donors (Lipinski definition) is 7. The van der Waals surface area contributed by atoms with Gasteiger partial charge in [-0.1, -0.05) is 41.0 Å². The zero-order valence-electron chi connectivity index (χ0n) is 26.6. The fourth-order valence-corrected chi connectivity index (χ4v) is 5.86. The molecule has 1 amide bonds. The predicted molar refractivity (Wildman–Crippen MR) is 177 cm³/mol. The molecule has 0 saturated heterocycles. The van der Waals surface area contributed by atoms with E-state index in [2.05, 4.69) is 33.6 Å². The summed E-state index contributed by atoms with van der Waals surface area (Å²) in [7, 11) is -15.1. The average molecular weight is 733 g/mol. The molecule has 0 saturated carbocycles. The van der Waals surface area contributed by atoms with Gasteiger partial charge >= 0.3 is 23.5 Å². The van der Waals surface area contributed by atoms with Gasteiger partial charge in [-0.25, -0.2) is 25.5 Å². The van der Waals surface area contributed by atoms with Crippen LogP contribution in [0.15, 0.2) is 65.3 Å². The summed E-state index contributed by atoms with van der Waals surface area (Å²) in [6.07, 6.45) is 9.29. The highest BCUT2D eigenvalue weighted by Gasteiger charge is 2.36. The van der Waals surface area contributed by atoms with Crippen molar-refractivity contribution in [1.29, 1.82) is 0 Å². The SMILES string of the molecule is CC(C)=CCC/C(C)=C/CC/C(C)=C/CN1C(=O)c2cccc(OP(=O)(ON)ON)c2Nc2c(OP(=O)(O)O)cc(OP(=O)(O)O)cc21. The molecule has 0 spiro atoms. The topological polar surface area (TPSA) is 263 Å². The van der Waals surface area contributed by atoms with E-state index in [1.807, 2.05) is 20.8 Å². The Hall–Kier alpha value is -3.30. The van der Waals surface area contributed by atoms with E-state index in [1.165, 1.54) is 29.3 Å². The van der Waals surface area contributed by atoms with Crippen molar-refractivity contribution in [2.24, 2.45) is 11.8 Å². The number of anilines is 3. The number of hydrogen-bond acceptors (Lipinski definition) is 12. The lowest BCUT2D eigenvalue weighted by molar-refractivity contribution is 0.0990. The molecule has 264 valence electrons. The van der Waals surface area contributed by atoms with Crippen molar-refractivity contribution in [3.63, 3.8) is 0 Å². The first kappa shape index (κ1) is 39.1. The molecule has 1 aliphatic rings. The lowest BCUT2D eigenvalue weighted by atomic mass is 10.1. The first-order valence-corrected chi connectivity index (χ1v) is 18.8. The Morgan fingerprint density at radius 1 is 0.812 bits per heavy atom. The maximum atomic E-state index is 14.1. The van der Waals surface area contributed by atoms with E-state index < -0.39 is 40.9 Å². The summed E-state index contributed by atoms with van der Waals surface area (Å²) in [5, 5.41) is 2.79. The Morgan fingerprint density at radius 3 is 2.00 bits per heavy atom. The first-order valence-electron chi connectivity index (χ1n) is 14.3. The molecule has 0 atom stereocenters. The molecule has 20 heteroatoms. The highest BCUT2D eigenvalue weighted by molar-refractivity contribution is 7.48. The predicted octanol–water partition coefficient (Wildman–Crippen LogP) is 6.02. The van der Waals surface area contributed by atoms with Gasteiger partial charge in [0.2, 0.25) is 0 Å². The molecule has 0 fully saturated rings. The van der Waals surface area contributed by atoms with Crippen LogP contribution in [-0.4, -0.2) is 32.0 Å². The van der Waals surface area contributed by atoms with Gasteiger partial charge in [0.25, 0.3) is 5.91 Å². The molecule has 0 aromatic heterocycles. The minimum atomic E-state index is -5.32. The Balaban J connectivity index is 2.13. The second-order valence-electron chi connectivity index (χ2n) is 10.9. The van der Waals surface area contributed by atoms with Gasteiger partial charge < -0.3 is 23.8 Å². The molecule has 0 radical (unpaired) electrons. The Bertz CT molecular complexity index is 1740. The quantitative estimate of drug-likeness (QED) is 0.0591. The molecule has 0 aliphatic carbocycles. The van der Waals surface area contributed by atoms with Crippen molar-refractivity contribution in [1.82, 2.24) is 0 Å². The number of phosphoric ester groups is 2. The van der Waals surface area contributed by atoms with Gasteiger partial charge in [0.1, 0.15) is 11.4 Å². The second-order valence-corrected chi connectivity index (χ2v) is 14.7. The van der Waals surface area contributed by atoms with E-state index >= 15 is 0 Å². The van der Waals surface area contributed by atoms with E-state index in [4.69, 9.17) is 25.4 Å². The monoisotopic (exact) mass is 732 g/mol. The van der Waals surface area contributed by atoms with E-state index in [9.17, 15) is 38.1 Å². The molecule has 0 unspecified atom stereocenters. The summed E-state index contributed by atoms with van der Waals surface area (Å²) in [5.41, 5.74) is 2.64. The normalized spacial score (nSPS) is 14.0. The molecule has 0 bridgehead atoms. The zero-order chi connectivity index (χ0) is 35.9. The number of nitrogens with zero attached hydrogens (tertiary/aromatic N) is 1. The molecule has 3 rings (SSSR count). The van der Waals surface area contributed by atoms with Crippen LogP contribution in [0.2, 0.25) is 0 Å². The van der Waals surface area contributed by atoms with Crippen LogP contribution in [0.25, 0.3) is 0 Å². The van der Waals surface area contributed by atoms with Crippen molar-refractivity contribution in [2.75, 3.05) is 16.8 Å². The van der Waals surface area contributed by atoms with Crippen molar-refractivity contribution in [2.45, 2.75) is 53.4 Å². The van der Waals surface area contributed by atoms with Crippen LogP contribution in [0.3, 0.4) is 0 Å². The average Bonchev–Trinajstić information content (AvgIpc) is 3.09. The molecule has 17 nitrogen and oxygen atoms in total. The highest BCUT2D eigenvalue weighted by atomic mass is 31.2. The van der Waals surface area contributed by atoms with E-state index in [-0.39, 0.29) is 34.9 Å². The number of rotatable bonds is 16. The number of benzene rings is 2. The lowest BCUT2D eigenvalue weighted by Crippen LogP contribution is -2.30. The number of nitrogens with two attached hydrogens (primary N) is 2. The largest absolute Gasteiger partial charge is 0.563 e. The van der Waals surface area contributed by atoms with Crippen molar-refractivity contribution in [3.05, 3.63) is 70.8 Å². The maximum absolute atomic E-state index is 14.1. The van der Waals surface area contributed by atoms with Crippen molar-refractivity contribution < 1.29 is 60.9 Å². The van der Waals surface area contributed by atoms with Gasteiger partial charge in [0, 0.05) is 18.7 Å². The fraction of sp³-hybridized carbons (Fsp3) is 0.321. The van der Waals surface area contributed by atoms with E-state index in [0.717, 1.165) is 41.9 Å². The molecular weight excluding hydrogens is 693 g/mol. The number of nitrogens with one attached hydrogen (secondary N) is 1. The molecule has 2 aromatic carbocycles. The van der Waals surface area contributed by atoms with Gasteiger partial charge in [-0.05, 0) is 65.5 Å². The number of carbonyl (C=O) groups excluding carboxylic acids is 1. The minimum absolute atomic E-state index is 0.107. The number of para-hydroxylation sites is 1. The summed E-state index contributed by atoms with van der Waals surface area (Å²) in [6, 6.07) is 5.83. The molecule has 1 aliphatic heterocycles. The third-order valence-corrected chi connectivity index (χ3v) is 8.57. The first-order chi connectivity index (χ1) is 22.3. The summed E-state index contributed by atoms with van der Waals surface area (Å²) in [4.78, 5) is 53.6. The van der Waals surface area contributed by atoms with Crippen LogP contribution in [0.1, 0.15) is 63.7 Å². The van der Waals surface area contributed by atoms with Crippen LogP contribution < -0.4 is 35.6 Å². The van der Waals surface area contributed by atoms with E-state index in [1.54, 1.807) is 6.08 Å². The van der Waals surface area contributed by atoms with Gasteiger partial charge in [-0.15, -0.1) is 0 Å². The smallest absolute Gasteiger partial charge is 0.404 e. The second kappa shape index (κ2) is 16.4. The van der Waals surface area contributed by atoms with Gasteiger partial charge in [-0.3, -0.25) is 24.4 Å². The van der Waals surface area contributed by atoms with Crippen LogP contribution in [-0.2, 0) is 22.9 Å². The molecular formula is C28H39N4O13P3. The van der Waals surface area contributed by atoms with Crippen molar-refractivity contribution >= 4 is 46.4 Å². The Morgan fingerprint density at radius 2 is 1.42 bits per heavy atom. The summed E-state index contributed by atoms with van der Waals surface area (Å²) in [6.45, 7) is 7.88. The number of fused-ring (bicyclic) bond motifs is 2. The van der Waals surface area contributed by atoms with Crippen molar-refractivity contribution in [3.8, 4) is 17.2 Å². The number of phosphoric acid groups is 3. The molecule has 1 heterocycles. The number of amides is 1. The molecule has 48 heavy (non-hydrogen) atoms. The number of allylic oxidation sites excluding steroid dienone is 5. The van der Waals surface area contributed by atoms with Crippen LogP contribution in [0.4, 0.5) is 17.1 Å². The Labute approximate surface area is 277 Å². The Kier molecular flexibility index (Phi) is 13.4. The molecule has 2 aromatic rings. The summed E-state index contributed by atoms with van der Waals surface area (Å²) < 4.78 is 59.7. The fourth-order valence-electron chi connectivity index (χ4n) is 4.55. The standard InChI is InChI=1S/C28H39N4O13P3/c1-18(2)8-5-9-19(3)10-6-11-20(4)14-15-32-23-16-21(41-46(34,35)36)17-25(42-47(37,38)39)27(23)31-26-22(28(32)33)12-7-13-24(26)43-48(40,44-29)45-30/h7-8,10,12-14,16-17,31H,5-6,9,11,15,29-30H2,1-4H3,(H2,34,35,36)(H2,37,38,39)/b19-10+,20-14+. The third-order valence-electron chi connectivity index (χ3n) is 6.75. The van der Waals surface area contributed by atoms with Gasteiger partial charge in [-0.2, -0.15) is 9.25 Å². The maximum Gasteiger partial charge on any atom is 0.563 e. The lowest BCUT2D eigenvalue weighted by Gasteiger charge is -2.24. The van der Waals surface area contributed by atoms with Gasteiger partial charge in [0.05, 0.1) is 16.9 Å². The minimum Gasteiger partial charge on any atom is -0.404 e. The van der Waals surface area contributed by atoms with Crippen LogP contribution in [0.5, 0.6) is 17.2 Å². The van der Waals surface area contributed by atoms with E-state index in [0.29, 0.717) is 6.42 Å². The van der Waals surface area contributed by atoms with Gasteiger partial charge in [0.15, 0.2) is 11.5 Å². The molecule has 9 N–H and O–H groups in total. The summed E-state index contributed by atoms with van der Waals surface area (Å²) in [5.74, 6) is 7.72. The third kappa shape index (κ3) is 11.4. The zero-order valence-corrected chi connectivity index (χ0v) is 29.2.